The molecule has 23 heavy (non-hydrogen) atoms. The number of nitrogens with zero attached hydrogens (tertiary/aromatic N) is 3. The Morgan fingerprint density at radius 3 is 2.83 bits per heavy atom. The Bertz CT molecular complexity index is 828. The fourth-order valence-corrected chi connectivity index (χ4v) is 2.26. The summed E-state index contributed by atoms with van der Waals surface area (Å²) in [7, 11) is 0. The number of anilines is 1. The summed E-state index contributed by atoms with van der Waals surface area (Å²) in [6, 6.07) is 9.66. The molecular weight excluding hydrogens is 292 g/mol. The highest BCUT2D eigenvalue weighted by molar-refractivity contribution is 5.90. The quantitative estimate of drug-likeness (QED) is 0.801. The van der Waals surface area contributed by atoms with Crippen LogP contribution >= 0.6 is 0 Å². The van der Waals surface area contributed by atoms with Gasteiger partial charge in [-0.25, -0.2) is 0 Å². The molecule has 116 valence electrons. The summed E-state index contributed by atoms with van der Waals surface area (Å²) in [5.41, 5.74) is 3.93. The smallest absolute Gasteiger partial charge is 0.322 e. The summed E-state index contributed by atoms with van der Waals surface area (Å²) < 4.78 is 5.43. The van der Waals surface area contributed by atoms with Crippen molar-refractivity contribution in [3.8, 4) is 11.5 Å². The number of benzene rings is 1. The second kappa shape index (κ2) is 6.39. The fraction of sp³-hybridized carbons (Fsp3) is 0.176. The summed E-state index contributed by atoms with van der Waals surface area (Å²) in [4.78, 5) is 16.1. The van der Waals surface area contributed by atoms with E-state index in [1.54, 1.807) is 18.5 Å². The minimum absolute atomic E-state index is 0.0821. The topological polar surface area (TPSA) is 80.9 Å². The first-order valence-electron chi connectivity index (χ1n) is 7.22. The molecule has 3 aromatic rings. The van der Waals surface area contributed by atoms with Gasteiger partial charge in [0.15, 0.2) is 0 Å². The highest BCUT2D eigenvalue weighted by Gasteiger charge is 2.12. The molecule has 0 spiro atoms. The lowest BCUT2D eigenvalue weighted by molar-refractivity contribution is -0.115. The number of pyridine rings is 1. The zero-order valence-corrected chi connectivity index (χ0v) is 12.9. The van der Waals surface area contributed by atoms with Crippen LogP contribution in [0.1, 0.15) is 16.7 Å². The van der Waals surface area contributed by atoms with Crippen LogP contribution in [0.15, 0.2) is 47.1 Å². The molecular formula is C17H16N4O2. The van der Waals surface area contributed by atoms with E-state index in [2.05, 4.69) is 26.6 Å². The van der Waals surface area contributed by atoms with Crippen molar-refractivity contribution in [1.82, 2.24) is 15.2 Å². The SMILES string of the molecule is Cc1ccc(CC(=O)Nc2nnc(-c3cccnc3)o2)c(C)c1. The van der Waals surface area contributed by atoms with Crippen molar-refractivity contribution in [2.75, 3.05) is 5.32 Å². The lowest BCUT2D eigenvalue weighted by Crippen LogP contribution is -2.15. The van der Waals surface area contributed by atoms with Crippen molar-refractivity contribution in [3.05, 3.63) is 59.4 Å². The molecule has 0 unspecified atom stereocenters. The summed E-state index contributed by atoms with van der Waals surface area (Å²) in [6.45, 7) is 4.01. The molecule has 2 aromatic heterocycles. The van der Waals surface area contributed by atoms with Gasteiger partial charge in [-0.3, -0.25) is 15.1 Å². The number of carbonyl (C=O) groups excluding carboxylic acids is 1. The highest BCUT2D eigenvalue weighted by atomic mass is 16.4. The number of aromatic nitrogens is 3. The molecule has 2 heterocycles. The van der Waals surface area contributed by atoms with Gasteiger partial charge in [-0.15, -0.1) is 5.10 Å². The van der Waals surface area contributed by atoms with Crippen LogP contribution in [-0.4, -0.2) is 21.1 Å². The Kier molecular flexibility index (Phi) is 4.14. The van der Waals surface area contributed by atoms with Crippen molar-refractivity contribution in [2.45, 2.75) is 20.3 Å². The van der Waals surface area contributed by atoms with Gasteiger partial charge in [-0.2, -0.15) is 0 Å². The third-order valence-corrected chi connectivity index (χ3v) is 3.43. The average molecular weight is 308 g/mol. The van der Waals surface area contributed by atoms with E-state index in [0.717, 1.165) is 11.1 Å². The standard InChI is InChI=1S/C17H16N4O2/c1-11-5-6-13(12(2)8-11)9-15(22)19-17-21-20-16(23-17)14-4-3-7-18-10-14/h3-8,10H,9H2,1-2H3,(H,19,21,22). The van der Waals surface area contributed by atoms with E-state index >= 15 is 0 Å². The molecule has 6 heteroatoms. The molecule has 0 radical (unpaired) electrons. The molecule has 0 fully saturated rings. The number of hydrogen-bond acceptors (Lipinski definition) is 5. The van der Waals surface area contributed by atoms with Gasteiger partial charge in [0.2, 0.25) is 5.91 Å². The van der Waals surface area contributed by atoms with Crippen LogP contribution in [0.25, 0.3) is 11.5 Å². The monoisotopic (exact) mass is 308 g/mol. The van der Waals surface area contributed by atoms with Crippen LogP contribution in [0.5, 0.6) is 0 Å². The molecule has 0 bridgehead atoms. The first-order valence-corrected chi connectivity index (χ1v) is 7.22. The first-order chi connectivity index (χ1) is 11.1. The zero-order chi connectivity index (χ0) is 16.2. The molecule has 1 aromatic carbocycles. The molecule has 0 aliphatic rings. The van der Waals surface area contributed by atoms with E-state index in [9.17, 15) is 4.79 Å². The van der Waals surface area contributed by atoms with Crippen molar-refractivity contribution in [1.29, 1.82) is 0 Å². The molecule has 0 atom stereocenters. The summed E-state index contributed by atoms with van der Waals surface area (Å²) in [6.07, 6.45) is 3.54. The number of hydrogen-bond donors (Lipinski definition) is 1. The van der Waals surface area contributed by atoms with Crippen LogP contribution in [0, 0.1) is 13.8 Å². The molecule has 1 amide bonds. The number of carbonyl (C=O) groups is 1. The van der Waals surface area contributed by atoms with Gasteiger partial charge in [0.1, 0.15) is 0 Å². The molecule has 0 saturated heterocycles. The van der Waals surface area contributed by atoms with Crippen LogP contribution in [-0.2, 0) is 11.2 Å². The summed E-state index contributed by atoms with van der Waals surface area (Å²) in [5, 5.41) is 10.4. The maximum absolute atomic E-state index is 12.1. The van der Waals surface area contributed by atoms with Gasteiger partial charge in [-0.1, -0.05) is 28.9 Å². The number of aryl methyl sites for hydroxylation is 2. The molecule has 0 saturated carbocycles. The summed E-state index contributed by atoms with van der Waals surface area (Å²) >= 11 is 0. The lowest BCUT2D eigenvalue weighted by atomic mass is 10.0. The first kappa shape index (κ1) is 14.9. The van der Waals surface area contributed by atoms with Crippen LogP contribution in [0.4, 0.5) is 6.01 Å². The van der Waals surface area contributed by atoms with Crippen LogP contribution in [0.3, 0.4) is 0 Å². The minimum Gasteiger partial charge on any atom is -0.403 e. The van der Waals surface area contributed by atoms with Crippen LogP contribution in [0.2, 0.25) is 0 Å². The predicted octanol–water partition coefficient (Wildman–Crippen LogP) is 2.93. The van der Waals surface area contributed by atoms with Crippen molar-refractivity contribution < 1.29 is 9.21 Å². The average Bonchev–Trinajstić information content (AvgIpc) is 2.99. The molecule has 6 nitrogen and oxygen atoms in total. The Hall–Kier alpha value is -3.02. The Morgan fingerprint density at radius 1 is 1.22 bits per heavy atom. The van der Waals surface area contributed by atoms with Gasteiger partial charge < -0.3 is 4.42 Å². The van der Waals surface area contributed by atoms with E-state index in [4.69, 9.17) is 4.42 Å². The molecule has 1 N–H and O–H groups in total. The number of amides is 1. The maximum atomic E-state index is 12.1. The van der Waals surface area contributed by atoms with E-state index in [1.807, 2.05) is 32.0 Å². The third kappa shape index (κ3) is 3.60. The van der Waals surface area contributed by atoms with Crippen LogP contribution < -0.4 is 5.32 Å². The van der Waals surface area contributed by atoms with E-state index in [-0.39, 0.29) is 18.3 Å². The zero-order valence-electron chi connectivity index (χ0n) is 12.9. The normalized spacial score (nSPS) is 10.5. The highest BCUT2D eigenvalue weighted by Crippen LogP contribution is 2.18. The molecule has 0 aliphatic carbocycles. The van der Waals surface area contributed by atoms with E-state index < -0.39 is 0 Å². The van der Waals surface area contributed by atoms with Gasteiger partial charge in [0.05, 0.1) is 12.0 Å². The van der Waals surface area contributed by atoms with Crippen molar-refractivity contribution in [3.63, 3.8) is 0 Å². The number of rotatable bonds is 4. The third-order valence-electron chi connectivity index (χ3n) is 3.43. The molecule has 0 aliphatic heterocycles. The molecule has 3 rings (SSSR count). The van der Waals surface area contributed by atoms with Gasteiger partial charge in [0.25, 0.3) is 5.89 Å². The van der Waals surface area contributed by atoms with E-state index in [1.165, 1.54) is 5.56 Å². The second-order valence-corrected chi connectivity index (χ2v) is 5.31. The van der Waals surface area contributed by atoms with Gasteiger partial charge in [0, 0.05) is 12.4 Å². The largest absolute Gasteiger partial charge is 0.403 e. The summed E-state index contributed by atoms with van der Waals surface area (Å²) in [5.74, 6) is 0.123. The second-order valence-electron chi connectivity index (χ2n) is 5.31. The van der Waals surface area contributed by atoms with Crippen molar-refractivity contribution in [2.24, 2.45) is 0 Å². The van der Waals surface area contributed by atoms with Crippen molar-refractivity contribution >= 4 is 11.9 Å². The minimum atomic E-state index is -0.196. The Balaban J connectivity index is 1.68. The number of nitrogens with one attached hydrogen (secondary N) is 1. The van der Waals surface area contributed by atoms with Gasteiger partial charge in [-0.05, 0) is 37.1 Å². The van der Waals surface area contributed by atoms with E-state index in [0.29, 0.717) is 11.5 Å². The maximum Gasteiger partial charge on any atom is 0.322 e. The van der Waals surface area contributed by atoms with Gasteiger partial charge >= 0.3 is 6.01 Å². The Morgan fingerprint density at radius 2 is 2.09 bits per heavy atom. The predicted molar refractivity (Wildman–Crippen MR) is 85.8 cm³/mol. The Labute approximate surface area is 133 Å². The lowest BCUT2D eigenvalue weighted by Gasteiger charge is -2.06. The fourth-order valence-electron chi connectivity index (χ4n) is 2.26.